The molecule has 0 rings (SSSR count). The molecule has 0 fully saturated rings. The summed E-state index contributed by atoms with van der Waals surface area (Å²) in [4.78, 5) is 10.6. The summed E-state index contributed by atoms with van der Waals surface area (Å²) in [5.41, 5.74) is 0.682. The van der Waals surface area contributed by atoms with Gasteiger partial charge in [-0.2, -0.15) is 0 Å². The van der Waals surface area contributed by atoms with Crippen LogP contribution in [0.15, 0.2) is 0 Å². The van der Waals surface area contributed by atoms with Crippen molar-refractivity contribution in [3.05, 3.63) is 0 Å². The normalized spacial score (nSPS) is 14.1. The zero-order chi connectivity index (χ0) is 9.78. The average molecular weight is 177 g/mol. The molecule has 0 saturated carbocycles. The second-order valence-electron chi connectivity index (χ2n) is 3.40. The first-order chi connectivity index (χ1) is 5.44. The van der Waals surface area contributed by atoms with Gasteiger partial charge in [0.25, 0.3) is 0 Å². The Hall–Kier alpha value is -0.650. The van der Waals surface area contributed by atoms with Crippen molar-refractivity contribution in [1.29, 1.82) is 0 Å². The van der Waals surface area contributed by atoms with Gasteiger partial charge in [-0.05, 0) is 0 Å². The van der Waals surface area contributed by atoms with E-state index in [-0.39, 0.29) is 13.0 Å². The number of hydrogen-bond donors (Lipinski definition) is 4. The standard InChI is InChI=1S/C7H15NO4/c1-7(2,4-9)5(10)3-6(11)8-12/h5,9-10,12H,3-4H2,1-2H3,(H,8,11). The molecule has 0 saturated heterocycles. The molecule has 1 amide bonds. The number of nitrogens with one attached hydrogen (secondary N) is 1. The summed E-state index contributed by atoms with van der Waals surface area (Å²) >= 11 is 0. The smallest absolute Gasteiger partial charge is 0.245 e. The molecule has 5 nitrogen and oxygen atoms in total. The number of aliphatic hydroxyl groups is 2. The van der Waals surface area contributed by atoms with Crippen molar-refractivity contribution in [2.45, 2.75) is 26.4 Å². The summed E-state index contributed by atoms with van der Waals surface area (Å²) in [6.07, 6.45) is -1.18. The topological polar surface area (TPSA) is 89.8 Å². The van der Waals surface area contributed by atoms with Gasteiger partial charge in [0.2, 0.25) is 5.91 Å². The van der Waals surface area contributed by atoms with Crippen molar-refractivity contribution in [3.8, 4) is 0 Å². The number of carbonyl (C=O) groups is 1. The lowest BCUT2D eigenvalue weighted by Gasteiger charge is -2.27. The number of rotatable bonds is 4. The monoisotopic (exact) mass is 177 g/mol. The lowest BCUT2D eigenvalue weighted by Crippen LogP contribution is -2.37. The summed E-state index contributed by atoms with van der Waals surface area (Å²) < 4.78 is 0. The second-order valence-corrected chi connectivity index (χ2v) is 3.40. The third-order valence-corrected chi connectivity index (χ3v) is 1.81. The predicted octanol–water partition coefficient (Wildman–Crippen LogP) is -0.739. The highest BCUT2D eigenvalue weighted by Gasteiger charge is 2.28. The van der Waals surface area contributed by atoms with Crippen LogP contribution in [-0.2, 0) is 4.79 Å². The maximum atomic E-state index is 10.6. The van der Waals surface area contributed by atoms with Crippen LogP contribution >= 0.6 is 0 Å². The molecule has 5 heteroatoms. The van der Waals surface area contributed by atoms with E-state index in [9.17, 15) is 9.90 Å². The van der Waals surface area contributed by atoms with Crippen LogP contribution in [0.3, 0.4) is 0 Å². The number of amides is 1. The molecule has 0 spiro atoms. The van der Waals surface area contributed by atoms with Crippen molar-refractivity contribution in [3.63, 3.8) is 0 Å². The maximum absolute atomic E-state index is 10.6. The van der Waals surface area contributed by atoms with Crippen LogP contribution in [0.25, 0.3) is 0 Å². The van der Waals surface area contributed by atoms with Gasteiger partial charge >= 0.3 is 0 Å². The minimum Gasteiger partial charge on any atom is -0.396 e. The van der Waals surface area contributed by atoms with Crippen molar-refractivity contribution in [1.82, 2.24) is 5.48 Å². The molecule has 12 heavy (non-hydrogen) atoms. The van der Waals surface area contributed by atoms with Crippen LogP contribution in [0.1, 0.15) is 20.3 Å². The number of hydrogen-bond acceptors (Lipinski definition) is 4. The fraction of sp³-hybridized carbons (Fsp3) is 0.857. The summed E-state index contributed by atoms with van der Waals surface area (Å²) in [6.45, 7) is 3.04. The quantitative estimate of drug-likeness (QED) is 0.336. The molecule has 0 aromatic carbocycles. The molecule has 0 heterocycles. The molecule has 4 N–H and O–H groups in total. The molecule has 0 aromatic rings. The fourth-order valence-corrected chi connectivity index (χ4v) is 0.603. The van der Waals surface area contributed by atoms with Crippen LogP contribution in [0.5, 0.6) is 0 Å². The van der Waals surface area contributed by atoms with E-state index in [1.165, 1.54) is 5.48 Å². The van der Waals surface area contributed by atoms with E-state index in [4.69, 9.17) is 10.3 Å². The van der Waals surface area contributed by atoms with Gasteiger partial charge in [-0.3, -0.25) is 10.0 Å². The van der Waals surface area contributed by atoms with Crippen LogP contribution < -0.4 is 5.48 Å². The number of aliphatic hydroxyl groups excluding tert-OH is 2. The van der Waals surface area contributed by atoms with E-state index >= 15 is 0 Å². The van der Waals surface area contributed by atoms with Gasteiger partial charge in [0.1, 0.15) is 0 Å². The molecular formula is C7H15NO4. The van der Waals surface area contributed by atoms with Crippen LogP contribution in [-0.4, -0.2) is 34.0 Å². The predicted molar refractivity (Wildman–Crippen MR) is 41.4 cm³/mol. The Kier molecular flexibility index (Phi) is 4.16. The van der Waals surface area contributed by atoms with Gasteiger partial charge in [-0.25, -0.2) is 5.48 Å². The molecule has 1 unspecified atom stereocenters. The van der Waals surface area contributed by atoms with Gasteiger partial charge in [0.05, 0.1) is 19.1 Å². The number of carbonyl (C=O) groups excluding carboxylic acids is 1. The number of hydroxylamine groups is 1. The minimum atomic E-state index is -0.963. The van der Waals surface area contributed by atoms with E-state index in [0.29, 0.717) is 0 Å². The fourth-order valence-electron chi connectivity index (χ4n) is 0.603. The highest BCUT2D eigenvalue weighted by molar-refractivity contribution is 5.75. The first-order valence-corrected chi connectivity index (χ1v) is 3.66. The summed E-state index contributed by atoms with van der Waals surface area (Å²) in [5.74, 6) is -0.663. The Bertz CT molecular complexity index is 157. The Morgan fingerprint density at radius 1 is 1.58 bits per heavy atom. The molecule has 1 atom stereocenters. The Morgan fingerprint density at radius 2 is 2.08 bits per heavy atom. The highest BCUT2D eigenvalue weighted by atomic mass is 16.5. The van der Waals surface area contributed by atoms with Crippen molar-refractivity contribution >= 4 is 5.91 Å². The zero-order valence-corrected chi connectivity index (χ0v) is 7.24. The van der Waals surface area contributed by atoms with Crippen molar-refractivity contribution in [2.75, 3.05) is 6.61 Å². The van der Waals surface area contributed by atoms with Crippen molar-refractivity contribution in [2.24, 2.45) is 5.41 Å². The summed E-state index contributed by atoms with van der Waals surface area (Å²) in [5, 5.41) is 26.3. The Balaban J connectivity index is 4.02. The van der Waals surface area contributed by atoms with Gasteiger partial charge in [-0.1, -0.05) is 13.8 Å². The molecule has 0 aliphatic heterocycles. The second kappa shape index (κ2) is 4.39. The Labute approximate surface area is 71.0 Å². The minimum absolute atomic E-state index is 0.215. The largest absolute Gasteiger partial charge is 0.396 e. The van der Waals surface area contributed by atoms with Crippen molar-refractivity contribution < 1.29 is 20.2 Å². The SMILES string of the molecule is CC(C)(CO)C(O)CC(=O)NO. The maximum Gasteiger partial charge on any atom is 0.245 e. The van der Waals surface area contributed by atoms with Gasteiger partial charge in [0.15, 0.2) is 0 Å². The lowest BCUT2D eigenvalue weighted by molar-refractivity contribution is -0.133. The van der Waals surface area contributed by atoms with Crippen LogP contribution in [0.4, 0.5) is 0 Å². The first kappa shape index (κ1) is 11.4. The average Bonchev–Trinajstić information content (AvgIpc) is 2.04. The van der Waals surface area contributed by atoms with Crippen LogP contribution in [0, 0.1) is 5.41 Å². The van der Waals surface area contributed by atoms with Gasteiger partial charge in [0, 0.05) is 5.41 Å². The van der Waals surface area contributed by atoms with E-state index in [2.05, 4.69) is 0 Å². The van der Waals surface area contributed by atoms with Gasteiger partial charge < -0.3 is 10.2 Å². The van der Waals surface area contributed by atoms with E-state index < -0.39 is 17.4 Å². The van der Waals surface area contributed by atoms with Gasteiger partial charge in [-0.15, -0.1) is 0 Å². The molecule has 0 aromatic heterocycles. The third-order valence-electron chi connectivity index (χ3n) is 1.81. The van der Waals surface area contributed by atoms with Crippen LogP contribution in [0.2, 0.25) is 0 Å². The molecule has 0 bridgehead atoms. The van der Waals surface area contributed by atoms with E-state index in [1.807, 2.05) is 0 Å². The van der Waals surface area contributed by atoms with E-state index in [1.54, 1.807) is 13.8 Å². The molecule has 0 radical (unpaired) electrons. The summed E-state index contributed by atoms with van der Waals surface area (Å²) in [6, 6.07) is 0. The molecule has 72 valence electrons. The van der Waals surface area contributed by atoms with E-state index in [0.717, 1.165) is 0 Å². The summed E-state index contributed by atoms with van der Waals surface area (Å²) in [7, 11) is 0. The lowest BCUT2D eigenvalue weighted by atomic mass is 9.86. The molecular weight excluding hydrogens is 162 g/mol. The first-order valence-electron chi connectivity index (χ1n) is 3.66. The third kappa shape index (κ3) is 3.17. The molecule has 0 aliphatic rings. The highest BCUT2D eigenvalue weighted by Crippen LogP contribution is 2.21. The zero-order valence-electron chi connectivity index (χ0n) is 7.24. The molecule has 0 aliphatic carbocycles. The Morgan fingerprint density at radius 3 is 2.42 bits per heavy atom.